The molecule has 1 N–H and O–H groups in total. The minimum atomic E-state index is -0.314. The van der Waals surface area contributed by atoms with Crippen molar-refractivity contribution in [3.05, 3.63) is 87.8 Å². The second-order valence-electron chi connectivity index (χ2n) is 8.46. The minimum absolute atomic E-state index is 0.314. The standard InChI is InChI=1S/C27H31N3O2S2/c1-3-32-26(31)24-18-23(17-21-10-5-4-6-11-21)34-25(24)28-27(33)30-15-13-29(14-16-30)19-22-12-8-7-9-20(22)2/h4-12,18H,3,13-17,19H2,1-2H3,(H,28,33). The lowest BCUT2D eigenvalue weighted by molar-refractivity contribution is 0.0528. The summed E-state index contributed by atoms with van der Waals surface area (Å²) in [5.41, 5.74) is 4.47. The van der Waals surface area contributed by atoms with Crippen molar-refractivity contribution in [1.29, 1.82) is 0 Å². The number of benzene rings is 2. The van der Waals surface area contributed by atoms with Crippen LogP contribution < -0.4 is 5.32 Å². The van der Waals surface area contributed by atoms with E-state index in [0.29, 0.717) is 17.3 Å². The quantitative estimate of drug-likeness (QED) is 0.354. The second kappa shape index (κ2) is 11.6. The zero-order valence-electron chi connectivity index (χ0n) is 19.8. The molecule has 1 aromatic heterocycles. The summed E-state index contributed by atoms with van der Waals surface area (Å²) in [5.74, 6) is -0.314. The Hall–Kier alpha value is -2.74. The number of piperazine rings is 1. The normalized spacial score (nSPS) is 14.1. The number of ether oxygens (including phenoxy) is 1. The van der Waals surface area contributed by atoms with Gasteiger partial charge in [0, 0.05) is 44.0 Å². The molecule has 5 nitrogen and oxygen atoms in total. The van der Waals surface area contributed by atoms with Crippen molar-refractivity contribution in [1.82, 2.24) is 9.80 Å². The van der Waals surface area contributed by atoms with E-state index < -0.39 is 0 Å². The van der Waals surface area contributed by atoms with E-state index in [1.54, 1.807) is 11.3 Å². The molecule has 7 heteroatoms. The molecule has 0 amide bonds. The van der Waals surface area contributed by atoms with Crippen LogP contribution in [0.5, 0.6) is 0 Å². The molecule has 4 rings (SSSR count). The van der Waals surface area contributed by atoms with Crippen LogP contribution in [0.25, 0.3) is 0 Å². The Morgan fingerprint density at radius 2 is 1.76 bits per heavy atom. The average molecular weight is 494 g/mol. The van der Waals surface area contributed by atoms with E-state index in [-0.39, 0.29) is 5.97 Å². The lowest BCUT2D eigenvalue weighted by atomic mass is 10.1. The number of aryl methyl sites for hydroxylation is 1. The highest BCUT2D eigenvalue weighted by Gasteiger charge is 2.23. The highest BCUT2D eigenvalue weighted by Crippen LogP contribution is 2.31. The first kappa shape index (κ1) is 24.4. The molecule has 1 aliphatic heterocycles. The maximum absolute atomic E-state index is 12.6. The Morgan fingerprint density at radius 1 is 1.06 bits per heavy atom. The van der Waals surface area contributed by atoms with Gasteiger partial charge in [-0.05, 0) is 48.8 Å². The third kappa shape index (κ3) is 6.23. The molecule has 0 saturated carbocycles. The number of rotatable bonds is 7. The van der Waals surface area contributed by atoms with Gasteiger partial charge in [0.15, 0.2) is 5.11 Å². The molecule has 0 atom stereocenters. The van der Waals surface area contributed by atoms with Crippen LogP contribution in [0.1, 0.15) is 38.8 Å². The van der Waals surface area contributed by atoms with Crippen molar-refractivity contribution in [3.8, 4) is 0 Å². The summed E-state index contributed by atoms with van der Waals surface area (Å²) in [5, 5.41) is 4.78. The van der Waals surface area contributed by atoms with Crippen molar-refractivity contribution in [2.24, 2.45) is 0 Å². The number of anilines is 1. The number of carbonyl (C=O) groups is 1. The minimum Gasteiger partial charge on any atom is -0.462 e. The average Bonchev–Trinajstić information content (AvgIpc) is 3.24. The van der Waals surface area contributed by atoms with Gasteiger partial charge in [0.05, 0.1) is 12.2 Å². The maximum Gasteiger partial charge on any atom is 0.341 e. The Bertz CT molecular complexity index is 1120. The van der Waals surface area contributed by atoms with Crippen molar-refractivity contribution >= 4 is 39.6 Å². The zero-order valence-corrected chi connectivity index (χ0v) is 21.4. The zero-order chi connectivity index (χ0) is 23.9. The molecule has 2 heterocycles. The first-order valence-electron chi connectivity index (χ1n) is 11.7. The topological polar surface area (TPSA) is 44.8 Å². The van der Waals surface area contributed by atoms with Crippen molar-refractivity contribution in [2.75, 3.05) is 38.1 Å². The van der Waals surface area contributed by atoms with Gasteiger partial charge in [0.2, 0.25) is 0 Å². The Balaban J connectivity index is 1.39. The molecule has 1 saturated heterocycles. The Kier molecular flexibility index (Phi) is 8.32. The lowest BCUT2D eigenvalue weighted by Crippen LogP contribution is -2.49. The van der Waals surface area contributed by atoms with Gasteiger partial charge in [0.1, 0.15) is 5.00 Å². The van der Waals surface area contributed by atoms with E-state index in [9.17, 15) is 4.79 Å². The summed E-state index contributed by atoms with van der Waals surface area (Å²) >= 11 is 7.31. The first-order chi connectivity index (χ1) is 16.5. The van der Waals surface area contributed by atoms with Crippen molar-refractivity contribution < 1.29 is 9.53 Å². The summed E-state index contributed by atoms with van der Waals surface area (Å²) in [4.78, 5) is 18.4. The highest BCUT2D eigenvalue weighted by atomic mass is 32.1. The molecule has 0 radical (unpaired) electrons. The van der Waals surface area contributed by atoms with Gasteiger partial charge < -0.3 is 15.0 Å². The van der Waals surface area contributed by atoms with Gasteiger partial charge in [-0.3, -0.25) is 4.90 Å². The SMILES string of the molecule is CCOC(=O)c1cc(Cc2ccccc2)sc1NC(=S)N1CCN(Cc2ccccc2C)CC1. The molecule has 178 valence electrons. The Labute approximate surface area is 211 Å². The molecule has 0 bridgehead atoms. The van der Waals surface area contributed by atoms with Gasteiger partial charge in [-0.25, -0.2) is 4.79 Å². The van der Waals surface area contributed by atoms with E-state index in [0.717, 1.165) is 49.0 Å². The Morgan fingerprint density at radius 3 is 2.47 bits per heavy atom. The fraction of sp³-hybridized carbons (Fsp3) is 0.333. The van der Waals surface area contributed by atoms with E-state index in [1.807, 2.05) is 31.2 Å². The van der Waals surface area contributed by atoms with E-state index in [1.165, 1.54) is 16.7 Å². The van der Waals surface area contributed by atoms with Crippen molar-refractivity contribution in [3.63, 3.8) is 0 Å². The third-order valence-corrected chi connectivity index (χ3v) is 7.45. The van der Waals surface area contributed by atoms with Crippen LogP contribution in [0.4, 0.5) is 5.00 Å². The van der Waals surface area contributed by atoms with Gasteiger partial charge in [-0.2, -0.15) is 0 Å². The summed E-state index contributed by atoms with van der Waals surface area (Å²) in [6, 6.07) is 20.7. The largest absolute Gasteiger partial charge is 0.462 e. The number of nitrogens with zero attached hydrogens (tertiary/aromatic N) is 2. The molecule has 0 aliphatic carbocycles. The molecular formula is C27H31N3O2S2. The molecule has 1 aliphatic rings. The molecule has 2 aromatic carbocycles. The molecule has 1 fully saturated rings. The number of nitrogens with one attached hydrogen (secondary N) is 1. The summed E-state index contributed by atoms with van der Waals surface area (Å²) < 4.78 is 5.30. The van der Waals surface area contributed by atoms with Gasteiger partial charge in [0.25, 0.3) is 0 Å². The molecule has 0 unspecified atom stereocenters. The van der Waals surface area contributed by atoms with Crippen LogP contribution >= 0.6 is 23.6 Å². The number of thiophene rings is 1. The number of thiocarbonyl (C=S) groups is 1. The number of hydrogen-bond donors (Lipinski definition) is 1. The van der Waals surface area contributed by atoms with Gasteiger partial charge in [-0.1, -0.05) is 54.6 Å². The molecule has 0 spiro atoms. The summed E-state index contributed by atoms with van der Waals surface area (Å²) in [6.07, 6.45) is 0.768. The van der Waals surface area contributed by atoms with E-state index >= 15 is 0 Å². The predicted molar refractivity (Wildman–Crippen MR) is 144 cm³/mol. The van der Waals surface area contributed by atoms with Crippen LogP contribution in [-0.4, -0.2) is 53.7 Å². The number of esters is 1. The van der Waals surface area contributed by atoms with Crippen LogP contribution in [0.15, 0.2) is 60.7 Å². The third-order valence-electron chi connectivity index (χ3n) is 6.03. The van der Waals surface area contributed by atoms with E-state index in [4.69, 9.17) is 17.0 Å². The fourth-order valence-corrected chi connectivity index (χ4v) is 5.52. The number of hydrogen-bond acceptors (Lipinski definition) is 5. The lowest BCUT2D eigenvalue weighted by Gasteiger charge is -2.36. The van der Waals surface area contributed by atoms with Crippen molar-refractivity contribution in [2.45, 2.75) is 26.8 Å². The molecule has 3 aromatic rings. The first-order valence-corrected chi connectivity index (χ1v) is 12.9. The van der Waals surface area contributed by atoms with Gasteiger partial charge in [-0.15, -0.1) is 11.3 Å². The van der Waals surface area contributed by atoms with Crippen LogP contribution in [0, 0.1) is 6.92 Å². The molecule has 34 heavy (non-hydrogen) atoms. The van der Waals surface area contributed by atoms with Gasteiger partial charge >= 0.3 is 5.97 Å². The number of carbonyl (C=O) groups excluding carboxylic acids is 1. The predicted octanol–water partition coefficient (Wildman–Crippen LogP) is 5.34. The van der Waals surface area contributed by atoms with Crippen LogP contribution in [0.3, 0.4) is 0 Å². The summed E-state index contributed by atoms with van der Waals surface area (Å²) in [6.45, 7) is 8.90. The smallest absolute Gasteiger partial charge is 0.341 e. The monoisotopic (exact) mass is 493 g/mol. The van der Waals surface area contributed by atoms with E-state index in [2.05, 4.69) is 58.4 Å². The second-order valence-corrected chi connectivity index (χ2v) is 9.98. The maximum atomic E-state index is 12.6. The van der Waals surface area contributed by atoms with Crippen LogP contribution in [0.2, 0.25) is 0 Å². The fourth-order valence-electron chi connectivity index (χ4n) is 4.09. The van der Waals surface area contributed by atoms with Crippen LogP contribution in [-0.2, 0) is 17.7 Å². The molecular weight excluding hydrogens is 462 g/mol. The summed E-state index contributed by atoms with van der Waals surface area (Å²) in [7, 11) is 0. The highest BCUT2D eigenvalue weighted by molar-refractivity contribution is 7.80.